The van der Waals surface area contributed by atoms with E-state index in [0.29, 0.717) is 56.6 Å². The molecular formula is C19H23FN2O4. The molecule has 7 heteroatoms. The SMILES string of the molecule is Cc1ccc(C(=O)N2CCN(C(=O)[C@@H]3CC[C@H](C(=O)O)C3)CC2)cc1F. The molecule has 1 heterocycles. The minimum Gasteiger partial charge on any atom is -0.481 e. The minimum atomic E-state index is -0.832. The zero-order chi connectivity index (χ0) is 18.8. The molecule has 1 N–H and O–H groups in total. The molecule has 2 aliphatic rings. The van der Waals surface area contributed by atoms with Crippen LogP contribution in [0.15, 0.2) is 18.2 Å². The van der Waals surface area contributed by atoms with Gasteiger partial charge >= 0.3 is 5.97 Å². The highest BCUT2D eigenvalue weighted by Crippen LogP contribution is 2.32. The van der Waals surface area contributed by atoms with E-state index < -0.39 is 17.7 Å². The van der Waals surface area contributed by atoms with Gasteiger partial charge in [-0.05, 0) is 43.9 Å². The lowest BCUT2D eigenvalue weighted by atomic mass is 10.0. The van der Waals surface area contributed by atoms with Crippen LogP contribution in [0.5, 0.6) is 0 Å². The van der Waals surface area contributed by atoms with Crippen LogP contribution in [0.4, 0.5) is 4.39 Å². The topological polar surface area (TPSA) is 77.9 Å². The molecule has 1 aliphatic heterocycles. The molecule has 1 saturated carbocycles. The first-order chi connectivity index (χ1) is 12.4. The predicted molar refractivity (Wildman–Crippen MR) is 92.1 cm³/mol. The molecular weight excluding hydrogens is 339 g/mol. The number of piperazine rings is 1. The highest BCUT2D eigenvalue weighted by atomic mass is 19.1. The maximum Gasteiger partial charge on any atom is 0.306 e. The van der Waals surface area contributed by atoms with E-state index in [9.17, 15) is 18.8 Å². The second kappa shape index (κ2) is 7.43. The molecule has 1 aromatic carbocycles. The maximum absolute atomic E-state index is 13.7. The van der Waals surface area contributed by atoms with Crippen LogP contribution < -0.4 is 0 Å². The van der Waals surface area contributed by atoms with Gasteiger partial charge in [-0.2, -0.15) is 0 Å². The first kappa shape index (κ1) is 18.4. The minimum absolute atomic E-state index is 0.0118. The Kier molecular flexibility index (Phi) is 5.25. The highest BCUT2D eigenvalue weighted by molar-refractivity contribution is 5.94. The number of carbonyl (C=O) groups is 3. The smallest absolute Gasteiger partial charge is 0.306 e. The van der Waals surface area contributed by atoms with E-state index in [1.165, 1.54) is 6.07 Å². The van der Waals surface area contributed by atoms with Gasteiger partial charge in [0, 0.05) is 37.7 Å². The van der Waals surface area contributed by atoms with Crippen molar-refractivity contribution in [2.24, 2.45) is 11.8 Å². The van der Waals surface area contributed by atoms with Crippen molar-refractivity contribution in [3.05, 3.63) is 35.1 Å². The Morgan fingerprint density at radius 2 is 1.65 bits per heavy atom. The van der Waals surface area contributed by atoms with E-state index in [1.54, 1.807) is 28.9 Å². The number of halogens is 1. The number of carboxylic acids is 1. The molecule has 6 nitrogen and oxygen atoms in total. The number of nitrogens with zero attached hydrogens (tertiary/aromatic N) is 2. The lowest BCUT2D eigenvalue weighted by Crippen LogP contribution is -2.51. The van der Waals surface area contributed by atoms with E-state index in [1.807, 2.05) is 0 Å². The van der Waals surface area contributed by atoms with Gasteiger partial charge in [-0.15, -0.1) is 0 Å². The van der Waals surface area contributed by atoms with Crippen LogP contribution in [0.1, 0.15) is 35.2 Å². The Hall–Kier alpha value is -2.44. The molecule has 2 amide bonds. The molecule has 140 valence electrons. The third-order valence-electron chi connectivity index (χ3n) is 5.43. The zero-order valence-electron chi connectivity index (χ0n) is 14.8. The average molecular weight is 362 g/mol. The number of hydrogen-bond acceptors (Lipinski definition) is 3. The van der Waals surface area contributed by atoms with Crippen molar-refractivity contribution < 1.29 is 23.9 Å². The molecule has 2 fully saturated rings. The number of amides is 2. The Morgan fingerprint density at radius 1 is 1.04 bits per heavy atom. The quantitative estimate of drug-likeness (QED) is 0.891. The summed E-state index contributed by atoms with van der Waals surface area (Å²) in [6.07, 6.45) is 1.55. The summed E-state index contributed by atoms with van der Waals surface area (Å²) in [6, 6.07) is 4.45. The molecule has 1 saturated heterocycles. The third-order valence-corrected chi connectivity index (χ3v) is 5.43. The Morgan fingerprint density at radius 3 is 2.23 bits per heavy atom. The molecule has 3 rings (SSSR count). The summed E-state index contributed by atoms with van der Waals surface area (Å²) in [7, 11) is 0. The van der Waals surface area contributed by atoms with Crippen LogP contribution in [0, 0.1) is 24.6 Å². The molecule has 1 aromatic rings. The summed E-state index contributed by atoms with van der Waals surface area (Å²) in [5, 5.41) is 9.07. The normalized spacial score (nSPS) is 23.2. The molecule has 0 radical (unpaired) electrons. The summed E-state index contributed by atoms with van der Waals surface area (Å²) in [5.74, 6) is -2.14. The molecule has 0 spiro atoms. The largest absolute Gasteiger partial charge is 0.481 e. The number of aryl methyl sites for hydroxylation is 1. The van der Waals surface area contributed by atoms with E-state index in [0.717, 1.165) is 0 Å². The summed E-state index contributed by atoms with van der Waals surface area (Å²) >= 11 is 0. The fraction of sp³-hybridized carbons (Fsp3) is 0.526. The average Bonchev–Trinajstić information content (AvgIpc) is 3.13. The van der Waals surface area contributed by atoms with Crippen LogP contribution in [0.25, 0.3) is 0 Å². The fourth-order valence-electron chi connectivity index (χ4n) is 3.73. The lowest BCUT2D eigenvalue weighted by molar-refractivity contribution is -0.142. The second-order valence-electron chi connectivity index (χ2n) is 7.13. The maximum atomic E-state index is 13.7. The van der Waals surface area contributed by atoms with Crippen LogP contribution >= 0.6 is 0 Å². The van der Waals surface area contributed by atoms with Gasteiger partial charge in [0.15, 0.2) is 0 Å². The molecule has 0 unspecified atom stereocenters. The zero-order valence-corrected chi connectivity index (χ0v) is 14.8. The first-order valence-electron chi connectivity index (χ1n) is 8.94. The number of carboxylic acid groups (broad SMARTS) is 1. The van der Waals surface area contributed by atoms with Crippen molar-refractivity contribution in [3.63, 3.8) is 0 Å². The second-order valence-corrected chi connectivity index (χ2v) is 7.13. The van der Waals surface area contributed by atoms with Crippen molar-refractivity contribution in [2.45, 2.75) is 26.2 Å². The lowest BCUT2D eigenvalue weighted by Gasteiger charge is -2.36. The van der Waals surface area contributed by atoms with Gasteiger partial charge in [0.05, 0.1) is 5.92 Å². The van der Waals surface area contributed by atoms with Crippen molar-refractivity contribution in [2.75, 3.05) is 26.2 Å². The van der Waals surface area contributed by atoms with Gasteiger partial charge in [-0.1, -0.05) is 6.07 Å². The van der Waals surface area contributed by atoms with E-state index in [4.69, 9.17) is 5.11 Å². The van der Waals surface area contributed by atoms with Crippen molar-refractivity contribution in [1.82, 2.24) is 9.80 Å². The standard InChI is InChI=1S/C19H23FN2O4/c1-12-2-3-14(11-16(12)20)18(24)22-8-6-21(7-9-22)17(23)13-4-5-15(10-13)19(25)26/h2-3,11,13,15H,4-10H2,1H3,(H,25,26)/t13-,15+/m1/s1. The van der Waals surface area contributed by atoms with Gasteiger partial charge in [-0.25, -0.2) is 4.39 Å². The van der Waals surface area contributed by atoms with E-state index in [-0.39, 0.29) is 17.7 Å². The number of carbonyl (C=O) groups excluding carboxylic acids is 2. The van der Waals surface area contributed by atoms with Crippen molar-refractivity contribution in [1.29, 1.82) is 0 Å². The van der Waals surface area contributed by atoms with Gasteiger partial charge in [0.2, 0.25) is 5.91 Å². The van der Waals surface area contributed by atoms with E-state index in [2.05, 4.69) is 0 Å². The molecule has 0 aromatic heterocycles. The molecule has 2 atom stereocenters. The Labute approximate surface area is 151 Å². The number of aliphatic carboxylic acids is 1. The van der Waals surface area contributed by atoms with Crippen molar-refractivity contribution in [3.8, 4) is 0 Å². The summed E-state index contributed by atoms with van der Waals surface area (Å²) in [4.78, 5) is 39.5. The van der Waals surface area contributed by atoms with E-state index >= 15 is 0 Å². The highest BCUT2D eigenvalue weighted by Gasteiger charge is 2.37. The molecule has 0 bridgehead atoms. The first-order valence-corrected chi connectivity index (χ1v) is 8.94. The number of rotatable bonds is 3. The van der Waals surface area contributed by atoms with Gasteiger partial charge in [0.25, 0.3) is 5.91 Å². The number of benzene rings is 1. The van der Waals surface area contributed by atoms with Gasteiger partial charge in [0.1, 0.15) is 5.82 Å². The summed E-state index contributed by atoms with van der Waals surface area (Å²) in [5.41, 5.74) is 0.807. The molecule has 26 heavy (non-hydrogen) atoms. The van der Waals surface area contributed by atoms with Crippen molar-refractivity contribution >= 4 is 17.8 Å². The van der Waals surface area contributed by atoms with Gasteiger partial charge < -0.3 is 14.9 Å². The van der Waals surface area contributed by atoms with Gasteiger partial charge in [-0.3, -0.25) is 14.4 Å². The Bertz CT molecular complexity index is 728. The van der Waals surface area contributed by atoms with Crippen LogP contribution in [0.2, 0.25) is 0 Å². The molecule has 1 aliphatic carbocycles. The monoisotopic (exact) mass is 362 g/mol. The summed E-state index contributed by atoms with van der Waals surface area (Å²) in [6.45, 7) is 3.29. The van der Waals surface area contributed by atoms with Crippen LogP contribution in [-0.2, 0) is 9.59 Å². The fourth-order valence-corrected chi connectivity index (χ4v) is 3.73. The van der Waals surface area contributed by atoms with Crippen LogP contribution in [0.3, 0.4) is 0 Å². The predicted octanol–water partition coefficient (Wildman–Crippen LogP) is 1.92. The summed E-state index contributed by atoms with van der Waals surface area (Å²) < 4.78 is 13.7. The van der Waals surface area contributed by atoms with Crippen LogP contribution in [-0.4, -0.2) is 58.9 Å². The third kappa shape index (κ3) is 3.71. The Balaban J connectivity index is 1.55. The number of hydrogen-bond donors (Lipinski definition) is 1.